The van der Waals surface area contributed by atoms with Gasteiger partial charge in [0.25, 0.3) is 0 Å². The van der Waals surface area contributed by atoms with Crippen LogP contribution in [0.2, 0.25) is 0 Å². The highest BCUT2D eigenvalue weighted by Gasteiger charge is 2.26. The summed E-state index contributed by atoms with van der Waals surface area (Å²) < 4.78 is 5.34. The first-order valence-corrected chi connectivity index (χ1v) is 31.7. The van der Waals surface area contributed by atoms with Gasteiger partial charge in [-0.2, -0.15) is 0 Å². The Balaban J connectivity index is 0.666. The average Bonchev–Trinajstić information content (AvgIpc) is 2.03. The Morgan fingerprint density at radius 2 is 1.00 bits per heavy atom. The van der Waals surface area contributed by atoms with Gasteiger partial charge in [-0.05, 0) is 186 Å². The SMILES string of the molecule is C1=CCC(n2c3ccccc3c3ccc(NC4=CCCC(C5=Cc6c(sc7ccc(-c8ccc9sc%10c(c9c8)C=C(C8=CC(Nc9ccc%11c([nH]c%12ccccc%12%11)c9-c9ccccc9)=CCC8)CC%10)cc67)CC5)=C4)c(-c4ccccc4)c32)C=C1. The van der Waals surface area contributed by atoms with Crippen LogP contribution in [0.3, 0.4) is 0 Å². The van der Waals surface area contributed by atoms with Gasteiger partial charge in [0.1, 0.15) is 0 Å². The molecule has 404 valence electrons. The highest BCUT2D eigenvalue weighted by atomic mass is 32.1. The largest absolute Gasteiger partial charge is 0.355 e. The molecule has 1 atom stereocenters. The number of aryl methyl sites for hydroxylation is 2. The summed E-state index contributed by atoms with van der Waals surface area (Å²) in [4.78, 5) is 6.80. The lowest BCUT2D eigenvalue weighted by molar-refractivity contribution is 0.648. The first kappa shape index (κ1) is 49.4. The standard InChI is InChI=1S/C78H60N4S2/c1-4-16-48(17-5-1)75-68(36-34-61-59-26-10-12-28-67(59)81-77(61)75)79-56-22-14-20-50(42-56)52-30-38-71-63(44-52)65-46-54(32-40-73(65)83-71)55-33-41-74-66(47-55)64-45-53(31-39-72(64)84-74)51-21-15-23-57(43-51)80-69-37-35-62-60-27-11-13-29-70(60)82(58-24-8-3-9-25-58)78(62)76(69)49-18-6-2-7-19-49/h1-13,16-19,22-24,26-29,32-37,40-47,58,79-81H,14-15,20-21,25,30-31,38-39H2. The van der Waals surface area contributed by atoms with Crippen LogP contribution in [0.15, 0.2) is 252 Å². The second kappa shape index (κ2) is 20.3. The van der Waals surface area contributed by atoms with Crippen LogP contribution in [0.5, 0.6) is 0 Å². The molecule has 4 nitrogen and oxygen atoms in total. The van der Waals surface area contributed by atoms with E-state index in [9.17, 15) is 0 Å². The van der Waals surface area contributed by atoms with Crippen molar-refractivity contribution < 1.29 is 0 Å². The number of nitrogens with zero attached hydrogens (tertiary/aromatic N) is 1. The van der Waals surface area contributed by atoms with E-state index in [1.807, 2.05) is 22.7 Å². The molecule has 0 aliphatic heterocycles. The van der Waals surface area contributed by atoms with Gasteiger partial charge < -0.3 is 20.2 Å². The van der Waals surface area contributed by atoms with Gasteiger partial charge in [0.05, 0.1) is 17.1 Å². The van der Waals surface area contributed by atoms with E-state index in [-0.39, 0.29) is 6.04 Å². The number of rotatable bonds is 10. The summed E-state index contributed by atoms with van der Waals surface area (Å²) in [5.41, 5.74) is 25.6. The van der Waals surface area contributed by atoms with E-state index in [2.05, 4.69) is 251 Å². The molecule has 5 aliphatic rings. The number of H-pyrrole nitrogens is 1. The molecule has 0 bridgehead atoms. The fraction of sp³-hybridized carbons (Fsp3) is 0.128. The molecule has 4 aromatic heterocycles. The second-order valence-electron chi connectivity index (χ2n) is 23.3. The van der Waals surface area contributed by atoms with Crippen molar-refractivity contribution in [2.75, 3.05) is 10.6 Å². The van der Waals surface area contributed by atoms with Gasteiger partial charge >= 0.3 is 0 Å². The van der Waals surface area contributed by atoms with Crippen LogP contribution < -0.4 is 10.6 Å². The Morgan fingerprint density at radius 3 is 1.63 bits per heavy atom. The molecule has 0 saturated carbocycles. The molecule has 8 aromatic carbocycles. The molecule has 0 radical (unpaired) electrons. The Morgan fingerprint density at radius 1 is 0.440 bits per heavy atom. The van der Waals surface area contributed by atoms with Crippen LogP contribution in [0.4, 0.5) is 11.4 Å². The minimum absolute atomic E-state index is 0.237. The van der Waals surface area contributed by atoms with Crippen LogP contribution in [0, 0.1) is 0 Å². The Kier molecular flexibility index (Phi) is 11.9. The summed E-state index contributed by atoms with van der Waals surface area (Å²) in [7, 11) is 0. The third-order valence-corrected chi connectivity index (χ3v) is 20.9. The summed E-state index contributed by atoms with van der Waals surface area (Å²) >= 11 is 3.97. The third-order valence-electron chi connectivity index (χ3n) is 18.4. The summed E-state index contributed by atoms with van der Waals surface area (Å²) in [5, 5.41) is 15.8. The number of hydrogen-bond donors (Lipinski definition) is 3. The minimum atomic E-state index is 0.237. The molecule has 12 aromatic rings. The van der Waals surface area contributed by atoms with Gasteiger partial charge in [-0.15, -0.1) is 22.7 Å². The zero-order valence-electron chi connectivity index (χ0n) is 46.6. The first-order valence-electron chi connectivity index (χ1n) is 30.0. The van der Waals surface area contributed by atoms with Crippen molar-refractivity contribution in [1.82, 2.24) is 9.55 Å². The first-order chi connectivity index (χ1) is 41.6. The van der Waals surface area contributed by atoms with E-state index in [1.165, 1.54) is 146 Å². The highest BCUT2D eigenvalue weighted by molar-refractivity contribution is 7.19. The lowest BCUT2D eigenvalue weighted by Crippen LogP contribution is -2.09. The number of benzene rings is 8. The smallest absolute Gasteiger partial charge is 0.0597 e. The molecule has 0 spiro atoms. The van der Waals surface area contributed by atoms with Crippen LogP contribution in [0.1, 0.15) is 71.9 Å². The number of anilines is 2. The maximum atomic E-state index is 4.03. The van der Waals surface area contributed by atoms with E-state index in [4.69, 9.17) is 0 Å². The number of allylic oxidation sites excluding steroid dienone is 12. The number of para-hydroxylation sites is 2. The molecular weight excluding hydrogens is 1060 g/mol. The summed E-state index contributed by atoms with van der Waals surface area (Å²) in [6.45, 7) is 0. The molecule has 1 unspecified atom stereocenters. The molecule has 17 rings (SSSR count). The van der Waals surface area contributed by atoms with E-state index in [0.29, 0.717) is 0 Å². The zero-order chi connectivity index (χ0) is 55.2. The van der Waals surface area contributed by atoms with Crippen molar-refractivity contribution in [3.05, 3.63) is 273 Å². The molecule has 0 saturated heterocycles. The van der Waals surface area contributed by atoms with Crippen molar-refractivity contribution in [3.8, 4) is 33.4 Å². The van der Waals surface area contributed by atoms with Crippen LogP contribution >= 0.6 is 22.7 Å². The number of aromatic nitrogens is 2. The van der Waals surface area contributed by atoms with Crippen molar-refractivity contribution in [3.63, 3.8) is 0 Å². The molecule has 3 N–H and O–H groups in total. The third kappa shape index (κ3) is 8.45. The maximum absolute atomic E-state index is 4.03. The van der Waals surface area contributed by atoms with Gasteiger partial charge in [-0.1, -0.05) is 158 Å². The van der Waals surface area contributed by atoms with Gasteiger partial charge in [0, 0.05) is 96.4 Å². The molecule has 0 amide bonds. The molecular formula is C78H60N4S2. The van der Waals surface area contributed by atoms with Crippen molar-refractivity contribution in [2.45, 2.75) is 63.8 Å². The summed E-state index contributed by atoms with van der Waals surface area (Å²) in [5.74, 6) is 0. The van der Waals surface area contributed by atoms with Gasteiger partial charge in [-0.3, -0.25) is 0 Å². The van der Waals surface area contributed by atoms with E-state index in [0.717, 1.165) is 74.7 Å². The van der Waals surface area contributed by atoms with E-state index >= 15 is 0 Å². The second-order valence-corrected chi connectivity index (χ2v) is 25.6. The fourth-order valence-corrected chi connectivity index (χ4v) is 16.7. The number of nitrogens with one attached hydrogen (secondary N) is 3. The normalized spacial score (nSPS) is 16.8. The zero-order valence-corrected chi connectivity index (χ0v) is 48.3. The van der Waals surface area contributed by atoms with Crippen molar-refractivity contribution in [2.24, 2.45) is 0 Å². The highest BCUT2D eigenvalue weighted by Crippen LogP contribution is 2.48. The lowest BCUT2D eigenvalue weighted by atomic mass is 9.87. The quantitative estimate of drug-likeness (QED) is 0.128. The Labute approximate surface area is 497 Å². The lowest BCUT2D eigenvalue weighted by Gasteiger charge is -2.23. The van der Waals surface area contributed by atoms with Crippen LogP contribution in [-0.2, 0) is 12.8 Å². The topological polar surface area (TPSA) is 44.8 Å². The van der Waals surface area contributed by atoms with Gasteiger partial charge in [0.15, 0.2) is 0 Å². The number of fused-ring (bicyclic) bond motifs is 12. The average molecular weight is 1120 g/mol. The van der Waals surface area contributed by atoms with Gasteiger partial charge in [0.2, 0.25) is 0 Å². The fourth-order valence-electron chi connectivity index (χ4n) is 14.4. The molecule has 5 aliphatic carbocycles. The predicted molar refractivity (Wildman–Crippen MR) is 361 cm³/mol. The molecule has 84 heavy (non-hydrogen) atoms. The number of thiophene rings is 2. The van der Waals surface area contributed by atoms with E-state index in [1.54, 1.807) is 0 Å². The van der Waals surface area contributed by atoms with Crippen molar-refractivity contribution in [1.29, 1.82) is 0 Å². The van der Waals surface area contributed by atoms with Crippen LogP contribution in [-0.4, -0.2) is 9.55 Å². The van der Waals surface area contributed by atoms with Crippen LogP contribution in [0.25, 0.3) is 109 Å². The number of aromatic amines is 1. The molecule has 0 fully saturated rings. The Bertz CT molecular complexity index is 4980. The minimum Gasteiger partial charge on any atom is -0.355 e. The molecule has 6 heteroatoms. The van der Waals surface area contributed by atoms with Crippen molar-refractivity contribution >= 4 is 110 Å². The van der Waals surface area contributed by atoms with E-state index < -0.39 is 0 Å². The Hall–Kier alpha value is -9.20. The van der Waals surface area contributed by atoms with Gasteiger partial charge in [-0.25, -0.2) is 0 Å². The molecule has 4 heterocycles. The summed E-state index contributed by atoms with van der Waals surface area (Å²) in [6.07, 6.45) is 33.2. The predicted octanol–water partition coefficient (Wildman–Crippen LogP) is 22.0. The number of hydrogen-bond acceptors (Lipinski definition) is 4. The maximum Gasteiger partial charge on any atom is 0.0597 e. The monoisotopic (exact) mass is 1120 g/mol. The summed E-state index contributed by atoms with van der Waals surface area (Å²) in [6, 6.07) is 63.3.